The van der Waals surface area contributed by atoms with Crippen LogP contribution in [0.5, 0.6) is 0 Å². The second-order valence-corrected chi connectivity index (χ2v) is 4.22. The number of hydrogen-bond acceptors (Lipinski definition) is 2. The molecule has 0 atom stereocenters. The van der Waals surface area contributed by atoms with E-state index in [1.807, 2.05) is 32.9 Å². The van der Waals surface area contributed by atoms with Gasteiger partial charge >= 0.3 is 0 Å². The van der Waals surface area contributed by atoms with Gasteiger partial charge in [0.1, 0.15) is 0 Å². The lowest BCUT2D eigenvalue weighted by atomic mass is 10.1. The molecule has 0 unspecified atom stereocenters. The van der Waals surface area contributed by atoms with Gasteiger partial charge in [-0.05, 0) is 32.4 Å². The summed E-state index contributed by atoms with van der Waals surface area (Å²) in [5, 5.41) is 5.30. The first-order valence-corrected chi connectivity index (χ1v) is 5.64. The zero-order valence-corrected chi connectivity index (χ0v) is 10.4. The lowest BCUT2D eigenvalue weighted by molar-refractivity contribution is -0.120. The van der Waals surface area contributed by atoms with E-state index in [4.69, 9.17) is 0 Å². The van der Waals surface area contributed by atoms with Crippen LogP contribution in [0.4, 0.5) is 0 Å². The van der Waals surface area contributed by atoms with E-state index in [-0.39, 0.29) is 24.4 Å². The normalized spacial score (nSPS) is 10.1. The molecule has 0 saturated heterocycles. The summed E-state index contributed by atoms with van der Waals surface area (Å²) in [6.07, 6.45) is 0. The standard InChI is InChI=1S/C13H18N2O2/c1-9(2)15-12(16)8-14-13(17)11-7-5-4-6-10(11)3/h4-7,9H,8H2,1-3H3,(H,14,17)(H,15,16). The summed E-state index contributed by atoms with van der Waals surface area (Å²) in [6, 6.07) is 7.36. The average Bonchev–Trinajstić information content (AvgIpc) is 2.25. The highest BCUT2D eigenvalue weighted by atomic mass is 16.2. The smallest absolute Gasteiger partial charge is 0.251 e. The first-order chi connectivity index (χ1) is 8.00. The molecule has 4 nitrogen and oxygen atoms in total. The fraction of sp³-hybridized carbons (Fsp3) is 0.385. The van der Waals surface area contributed by atoms with E-state index in [0.717, 1.165) is 5.56 Å². The Hall–Kier alpha value is -1.84. The third-order valence-electron chi connectivity index (χ3n) is 2.25. The molecule has 0 aliphatic carbocycles. The number of amides is 2. The van der Waals surface area contributed by atoms with Crippen LogP contribution < -0.4 is 10.6 Å². The molecule has 0 radical (unpaired) electrons. The van der Waals surface area contributed by atoms with Gasteiger partial charge in [0.05, 0.1) is 6.54 Å². The Kier molecular flexibility index (Phi) is 4.69. The average molecular weight is 234 g/mol. The van der Waals surface area contributed by atoms with Gasteiger partial charge < -0.3 is 10.6 Å². The summed E-state index contributed by atoms with van der Waals surface area (Å²) in [7, 11) is 0. The Morgan fingerprint density at radius 3 is 2.47 bits per heavy atom. The van der Waals surface area contributed by atoms with Crippen LogP contribution in [0.25, 0.3) is 0 Å². The summed E-state index contributed by atoms with van der Waals surface area (Å²) in [6.45, 7) is 5.62. The van der Waals surface area contributed by atoms with Crippen molar-refractivity contribution in [3.05, 3.63) is 35.4 Å². The van der Waals surface area contributed by atoms with E-state index in [9.17, 15) is 9.59 Å². The summed E-state index contributed by atoms with van der Waals surface area (Å²) in [4.78, 5) is 23.1. The molecule has 0 fully saturated rings. The molecule has 2 N–H and O–H groups in total. The Bertz CT molecular complexity index is 414. The second kappa shape index (κ2) is 6.03. The van der Waals surface area contributed by atoms with Crippen LogP contribution in [0.1, 0.15) is 29.8 Å². The number of hydrogen-bond donors (Lipinski definition) is 2. The molecule has 2 amide bonds. The molecular weight excluding hydrogens is 216 g/mol. The van der Waals surface area contributed by atoms with Crippen molar-refractivity contribution in [2.45, 2.75) is 26.8 Å². The number of nitrogens with one attached hydrogen (secondary N) is 2. The van der Waals surface area contributed by atoms with Gasteiger partial charge in [-0.3, -0.25) is 9.59 Å². The van der Waals surface area contributed by atoms with Crippen molar-refractivity contribution >= 4 is 11.8 Å². The summed E-state index contributed by atoms with van der Waals surface area (Å²) >= 11 is 0. The lowest BCUT2D eigenvalue weighted by Crippen LogP contribution is -2.39. The van der Waals surface area contributed by atoms with E-state index in [2.05, 4.69) is 10.6 Å². The molecular formula is C13H18N2O2. The minimum Gasteiger partial charge on any atom is -0.352 e. The lowest BCUT2D eigenvalue weighted by Gasteiger charge is -2.10. The van der Waals surface area contributed by atoms with E-state index >= 15 is 0 Å². The Morgan fingerprint density at radius 1 is 1.24 bits per heavy atom. The van der Waals surface area contributed by atoms with Crippen molar-refractivity contribution in [3.63, 3.8) is 0 Å². The third kappa shape index (κ3) is 4.26. The maximum Gasteiger partial charge on any atom is 0.251 e. The zero-order chi connectivity index (χ0) is 12.8. The summed E-state index contributed by atoms with van der Waals surface area (Å²) < 4.78 is 0. The number of aryl methyl sites for hydroxylation is 1. The first kappa shape index (κ1) is 13.2. The molecule has 0 bridgehead atoms. The second-order valence-electron chi connectivity index (χ2n) is 4.22. The van der Waals surface area contributed by atoms with Gasteiger partial charge in [0.15, 0.2) is 0 Å². The largest absolute Gasteiger partial charge is 0.352 e. The molecule has 17 heavy (non-hydrogen) atoms. The van der Waals surface area contributed by atoms with Gasteiger partial charge in [-0.25, -0.2) is 0 Å². The van der Waals surface area contributed by atoms with Crippen LogP contribution in [0.15, 0.2) is 24.3 Å². The molecule has 1 aromatic carbocycles. The fourth-order valence-corrected chi connectivity index (χ4v) is 1.46. The van der Waals surface area contributed by atoms with Gasteiger partial charge in [-0.2, -0.15) is 0 Å². The molecule has 0 heterocycles. The van der Waals surface area contributed by atoms with Crippen LogP contribution in [-0.4, -0.2) is 24.4 Å². The van der Waals surface area contributed by atoms with Crippen molar-refractivity contribution in [3.8, 4) is 0 Å². The predicted molar refractivity (Wildman–Crippen MR) is 66.8 cm³/mol. The van der Waals surface area contributed by atoms with Crippen molar-refractivity contribution in [2.75, 3.05) is 6.54 Å². The van der Waals surface area contributed by atoms with Crippen LogP contribution in [0.3, 0.4) is 0 Å². The minimum absolute atomic E-state index is 0.00531. The zero-order valence-electron chi connectivity index (χ0n) is 10.4. The van der Waals surface area contributed by atoms with Crippen LogP contribution in [-0.2, 0) is 4.79 Å². The van der Waals surface area contributed by atoms with Crippen molar-refractivity contribution < 1.29 is 9.59 Å². The van der Waals surface area contributed by atoms with E-state index in [1.54, 1.807) is 12.1 Å². The molecule has 0 spiro atoms. The molecule has 0 saturated carbocycles. The van der Waals surface area contributed by atoms with E-state index < -0.39 is 0 Å². The number of benzene rings is 1. The van der Waals surface area contributed by atoms with Crippen molar-refractivity contribution in [2.24, 2.45) is 0 Å². The maximum atomic E-state index is 11.8. The van der Waals surface area contributed by atoms with Gasteiger partial charge in [0.25, 0.3) is 5.91 Å². The van der Waals surface area contributed by atoms with Crippen LogP contribution in [0, 0.1) is 6.92 Å². The SMILES string of the molecule is Cc1ccccc1C(=O)NCC(=O)NC(C)C. The minimum atomic E-state index is -0.220. The number of carbonyl (C=O) groups excluding carboxylic acids is 2. The maximum absolute atomic E-state index is 11.8. The first-order valence-electron chi connectivity index (χ1n) is 5.64. The highest BCUT2D eigenvalue weighted by molar-refractivity contribution is 5.97. The quantitative estimate of drug-likeness (QED) is 0.823. The Balaban J connectivity index is 2.51. The molecule has 1 rings (SSSR count). The fourth-order valence-electron chi connectivity index (χ4n) is 1.46. The molecule has 4 heteroatoms. The summed E-state index contributed by atoms with van der Waals surface area (Å²) in [5.74, 6) is -0.399. The number of rotatable bonds is 4. The Labute approximate surface area is 101 Å². The van der Waals surface area contributed by atoms with Crippen molar-refractivity contribution in [1.82, 2.24) is 10.6 Å². The van der Waals surface area contributed by atoms with Gasteiger partial charge in [0, 0.05) is 11.6 Å². The van der Waals surface area contributed by atoms with E-state index in [1.165, 1.54) is 0 Å². The Morgan fingerprint density at radius 2 is 1.88 bits per heavy atom. The molecule has 1 aromatic rings. The monoisotopic (exact) mass is 234 g/mol. The van der Waals surface area contributed by atoms with Gasteiger partial charge in [-0.1, -0.05) is 18.2 Å². The third-order valence-corrected chi connectivity index (χ3v) is 2.25. The van der Waals surface area contributed by atoms with Gasteiger partial charge in [-0.15, -0.1) is 0 Å². The van der Waals surface area contributed by atoms with E-state index in [0.29, 0.717) is 5.56 Å². The number of carbonyl (C=O) groups is 2. The highest BCUT2D eigenvalue weighted by Gasteiger charge is 2.09. The van der Waals surface area contributed by atoms with Crippen molar-refractivity contribution in [1.29, 1.82) is 0 Å². The van der Waals surface area contributed by atoms with Crippen LogP contribution in [0.2, 0.25) is 0 Å². The molecule has 0 aromatic heterocycles. The molecule has 0 aliphatic heterocycles. The highest BCUT2D eigenvalue weighted by Crippen LogP contribution is 2.05. The van der Waals surface area contributed by atoms with Crippen LogP contribution >= 0.6 is 0 Å². The summed E-state index contributed by atoms with van der Waals surface area (Å²) in [5.41, 5.74) is 1.50. The molecule has 0 aliphatic rings. The topological polar surface area (TPSA) is 58.2 Å². The predicted octanol–water partition coefficient (Wildman–Crippen LogP) is 1.25. The molecule has 92 valence electrons. The van der Waals surface area contributed by atoms with Gasteiger partial charge in [0.2, 0.25) is 5.91 Å².